The van der Waals surface area contributed by atoms with E-state index in [2.05, 4.69) is 21.9 Å². The molecule has 1 N–H and O–H groups in total. The molecule has 8 heteroatoms. The maximum Gasteiger partial charge on any atom is 0.267 e. The number of benzene rings is 1. The van der Waals surface area contributed by atoms with Crippen molar-refractivity contribution in [2.75, 3.05) is 44.2 Å². The summed E-state index contributed by atoms with van der Waals surface area (Å²) in [5.41, 5.74) is 1.35. The number of rotatable bonds is 5. The number of carbonyl (C=O) groups excluding carboxylic acids is 2. The maximum absolute atomic E-state index is 12.7. The van der Waals surface area contributed by atoms with Gasteiger partial charge in [-0.3, -0.25) is 24.2 Å². The van der Waals surface area contributed by atoms with Gasteiger partial charge in [0.25, 0.3) is 17.4 Å². The van der Waals surface area contributed by atoms with Crippen molar-refractivity contribution in [2.24, 2.45) is 7.05 Å². The Morgan fingerprint density at radius 3 is 2.30 bits per heavy atom. The first-order valence-electron chi connectivity index (χ1n) is 10.1. The number of piperazine rings is 1. The third kappa shape index (κ3) is 3.64. The molecule has 0 saturated carbocycles. The molecule has 0 radical (unpaired) electrons. The summed E-state index contributed by atoms with van der Waals surface area (Å²) in [6, 6.07) is 11.8. The average Bonchev–Trinajstić information content (AvgIpc) is 2.97. The van der Waals surface area contributed by atoms with Gasteiger partial charge >= 0.3 is 0 Å². The molecule has 1 aromatic heterocycles. The smallest absolute Gasteiger partial charge is 0.267 e. The molecule has 2 amide bonds. The summed E-state index contributed by atoms with van der Waals surface area (Å²) in [4.78, 5) is 43.2. The van der Waals surface area contributed by atoms with Crippen LogP contribution in [-0.4, -0.2) is 76.7 Å². The van der Waals surface area contributed by atoms with Gasteiger partial charge in [0.1, 0.15) is 5.56 Å². The number of aliphatic hydroxyl groups excluding tert-OH is 1. The highest BCUT2D eigenvalue weighted by molar-refractivity contribution is 6.21. The van der Waals surface area contributed by atoms with Crippen molar-refractivity contribution in [2.45, 2.75) is 13.0 Å². The molecule has 8 nitrogen and oxygen atoms in total. The lowest BCUT2D eigenvalue weighted by molar-refractivity contribution is 0.0468. The number of aryl methyl sites for hydroxylation is 1. The number of nitrogens with zero attached hydrogens (tertiary/aromatic N) is 4. The second-order valence-electron chi connectivity index (χ2n) is 7.94. The summed E-state index contributed by atoms with van der Waals surface area (Å²) in [6.07, 6.45) is -0.875. The molecule has 1 saturated heterocycles. The fourth-order valence-corrected chi connectivity index (χ4v) is 4.13. The van der Waals surface area contributed by atoms with Crippen LogP contribution in [0.15, 0.2) is 41.2 Å². The second-order valence-corrected chi connectivity index (χ2v) is 7.94. The summed E-state index contributed by atoms with van der Waals surface area (Å²) in [5, 5.41) is 10.6. The third-order valence-electron chi connectivity index (χ3n) is 5.96. The Hall–Kier alpha value is -2.97. The van der Waals surface area contributed by atoms with E-state index in [1.165, 1.54) is 10.3 Å². The monoisotopic (exact) mass is 410 g/mol. The molecule has 2 aromatic rings. The average molecular weight is 410 g/mol. The molecule has 1 aromatic carbocycles. The Morgan fingerprint density at radius 1 is 0.967 bits per heavy atom. The highest BCUT2D eigenvalue weighted by atomic mass is 16.3. The molecule has 0 bridgehead atoms. The minimum atomic E-state index is -0.875. The van der Waals surface area contributed by atoms with Crippen LogP contribution < -0.4 is 10.5 Å². The van der Waals surface area contributed by atoms with Crippen molar-refractivity contribution in [1.29, 1.82) is 0 Å². The van der Waals surface area contributed by atoms with E-state index in [0.29, 0.717) is 12.2 Å². The van der Waals surface area contributed by atoms with Crippen LogP contribution in [0.5, 0.6) is 0 Å². The van der Waals surface area contributed by atoms with E-state index in [-0.39, 0.29) is 17.7 Å². The van der Waals surface area contributed by atoms with Gasteiger partial charge in [0.2, 0.25) is 0 Å². The molecule has 1 atom stereocenters. The largest absolute Gasteiger partial charge is 0.390 e. The van der Waals surface area contributed by atoms with Gasteiger partial charge in [-0.05, 0) is 25.1 Å². The number of carbonyl (C=O) groups is 2. The zero-order valence-corrected chi connectivity index (χ0v) is 17.2. The first kappa shape index (κ1) is 20.3. The second kappa shape index (κ2) is 8.04. The van der Waals surface area contributed by atoms with E-state index >= 15 is 0 Å². The summed E-state index contributed by atoms with van der Waals surface area (Å²) in [6.45, 7) is 5.23. The van der Waals surface area contributed by atoms with Gasteiger partial charge in [-0.15, -0.1) is 0 Å². The van der Waals surface area contributed by atoms with Crippen LogP contribution >= 0.6 is 0 Å². The number of hydrogen-bond donors (Lipinski definition) is 1. The van der Waals surface area contributed by atoms with Gasteiger partial charge in [-0.1, -0.05) is 18.2 Å². The lowest BCUT2D eigenvalue weighted by atomic mass is 10.1. The number of imide groups is 1. The normalized spacial score (nSPS) is 18.1. The highest BCUT2D eigenvalue weighted by Gasteiger charge is 2.39. The topological polar surface area (TPSA) is 86.1 Å². The van der Waals surface area contributed by atoms with Gasteiger partial charge in [0.15, 0.2) is 0 Å². The van der Waals surface area contributed by atoms with Crippen molar-refractivity contribution in [3.05, 3.63) is 63.6 Å². The summed E-state index contributed by atoms with van der Waals surface area (Å²) in [5.74, 6) is -1.13. The zero-order chi connectivity index (χ0) is 21.4. The van der Waals surface area contributed by atoms with Crippen molar-refractivity contribution >= 4 is 17.5 Å². The number of aromatic nitrogens is 1. The molecule has 158 valence electrons. The van der Waals surface area contributed by atoms with Gasteiger partial charge in [0.05, 0.1) is 18.2 Å². The Bertz CT molecular complexity index is 1030. The summed E-state index contributed by atoms with van der Waals surface area (Å²) in [7, 11) is 1.57. The molecule has 2 aliphatic heterocycles. The van der Waals surface area contributed by atoms with Gasteiger partial charge in [-0.2, -0.15) is 0 Å². The fraction of sp³-hybridized carbons (Fsp3) is 0.409. The van der Waals surface area contributed by atoms with E-state index in [1.54, 1.807) is 20.0 Å². The van der Waals surface area contributed by atoms with E-state index in [4.69, 9.17) is 0 Å². The molecule has 4 rings (SSSR count). The molecule has 3 heterocycles. The van der Waals surface area contributed by atoms with Crippen LogP contribution in [0.4, 0.5) is 5.69 Å². The Morgan fingerprint density at radius 2 is 1.63 bits per heavy atom. The minimum absolute atomic E-state index is 0.100. The van der Waals surface area contributed by atoms with Gasteiger partial charge in [-0.25, -0.2) is 0 Å². The Balaban J connectivity index is 1.36. The van der Waals surface area contributed by atoms with Crippen molar-refractivity contribution in [3.63, 3.8) is 0 Å². The summed E-state index contributed by atoms with van der Waals surface area (Å²) < 4.78 is 1.36. The minimum Gasteiger partial charge on any atom is -0.390 e. The van der Waals surface area contributed by atoms with Crippen molar-refractivity contribution in [1.82, 2.24) is 14.4 Å². The Kier molecular flexibility index (Phi) is 5.44. The molecule has 1 unspecified atom stereocenters. The van der Waals surface area contributed by atoms with Crippen molar-refractivity contribution < 1.29 is 14.7 Å². The number of para-hydroxylation sites is 1. The lowest BCUT2D eigenvalue weighted by Gasteiger charge is -2.37. The SMILES string of the molecule is Cc1cc2c(c(=O)n1C)C(=O)N(CC(O)CN1CCN(c3ccccc3)CC1)C2=O. The van der Waals surface area contributed by atoms with Crippen LogP contribution in [0.1, 0.15) is 26.4 Å². The van der Waals surface area contributed by atoms with Gasteiger partial charge in [0, 0.05) is 51.2 Å². The standard InChI is InChI=1S/C22H26N4O4/c1-15-12-18-19(21(29)23(15)2)22(30)26(20(18)28)14-17(27)13-24-8-10-25(11-9-24)16-6-4-3-5-7-16/h3-7,12,17,27H,8-11,13-14H2,1-2H3. The van der Waals surface area contributed by atoms with Gasteiger partial charge < -0.3 is 14.6 Å². The van der Waals surface area contributed by atoms with Crippen LogP contribution in [0.2, 0.25) is 0 Å². The maximum atomic E-state index is 12.7. The molecule has 2 aliphatic rings. The van der Waals surface area contributed by atoms with Crippen LogP contribution in [0.3, 0.4) is 0 Å². The van der Waals surface area contributed by atoms with Crippen molar-refractivity contribution in [3.8, 4) is 0 Å². The molecular formula is C22H26N4O4. The number of fused-ring (bicyclic) bond motifs is 1. The molecule has 1 fully saturated rings. The number of hydrogen-bond acceptors (Lipinski definition) is 6. The first-order valence-corrected chi connectivity index (χ1v) is 10.1. The van der Waals surface area contributed by atoms with Crippen LogP contribution in [-0.2, 0) is 7.05 Å². The molecule has 0 aliphatic carbocycles. The molecular weight excluding hydrogens is 384 g/mol. The van der Waals surface area contributed by atoms with Crippen LogP contribution in [0, 0.1) is 6.92 Å². The number of anilines is 1. The lowest BCUT2D eigenvalue weighted by Crippen LogP contribution is -2.50. The molecule has 0 spiro atoms. The zero-order valence-electron chi connectivity index (χ0n) is 17.2. The summed E-state index contributed by atoms with van der Waals surface area (Å²) >= 11 is 0. The third-order valence-corrected chi connectivity index (χ3v) is 5.96. The number of pyridine rings is 1. The Labute approximate surface area is 174 Å². The number of aliphatic hydroxyl groups is 1. The van der Waals surface area contributed by atoms with E-state index in [0.717, 1.165) is 31.1 Å². The van der Waals surface area contributed by atoms with E-state index < -0.39 is 23.5 Å². The van der Waals surface area contributed by atoms with E-state index in [1.807, 2.05) is 18.2 Å². The highest BCUT2D eigenvalue weighted by Crippen LogP contribution is 2.21. The predicted molar refractivity (Wildman–Crippen MR) is 113 cm³/mol. The number of β-amino-alcohol motifs (C(OH)–C–C–N with tert-alkyl or cyclic N) is 1. The van der Waals surface area contributed by atoms with Crippen LogP contribution in [0.25, 0.3) is 0 Å². The predicted octanol–water partition coefficient (Wildman–Crippen LogP) is 0.473. The first-order chi connectivity index (χ1) is 14.4. The van der Waals surface area contributed by atoms with E-state index in [9.17, 15) is 19.5 Å². The molecule has 30 heavy (non-hydrogen) atoms. The number of amides is 2. The quantitative estimate of drug-likeness (QED) is 0.722. The fourth-order valence-electron chi connectivity index (χ4n) is 4.13.